The minimum Gasteiger partial charge on any atom is -0.444 e. The third-order valence-electron chi connectivity index (χ3n) is 2.17. The highest BCUT2D eigenvalue weighted by Crippen LogP contribution is 2.21. The standard InChI is InChI=1S/C12H25NO4/c1-11(2,3)17-10(16)13-9(7-14)6-12(4,5)8-15/h9,14-15H,6-8H2,1-5H3,(H,13,16)/t9-/m1/s1. The number of nitrogens with one attached hydrogen (secondary N) is 1. The van der Waals surface area contributed by atoms with Crippen LogP contribution in [-0.2, 0) is 4.74 Å². The summed E-state index contributed by atoms with van der Waals surface area (Å²) in [6.45, 7) is 8.88. The molecule has 5 nitrogen and oxygen atoms in total. The molecule has 1 amide bonds. The van der Waals surface area contributed by atoms with Crippen LogP contribution in [0.1, 0.15) is 41.0 Å². The smallest absolute Gasteiger partial charge is 0.407 e. The minimum absolute atomic E-state index is 0.000498. The molecule has 0 aromatic carbocycles. The van der Waals surface area contributed by atoms with Gasteiger partial charge < -0.3 is 20.3 Å². The summed E-state index contributed by atoms with van der Waals surface area (Å²) in [7, 11) is 0. The van der Waals surface area contributed by atoms with E-state index < -0.39 is 17.7 Å². The van der Waals surface area contributed by atoms with Gasteiger partial charge in [-0.25, -0.2) is 4.79 Å². The van der Waals surface area contributed by atoms with Gasteiger partial charge in [-0.1, -0.05) is 13.8 Å². The quantitative estimate of drug-likeness (QED) is 0.684. The van der Waals surface area contributed by atoms with E-state index in [0.29, 0.717) is 6.42 Å². The summed E-state index contributed by atoms with van der Waals surface area (Å²) in [5.41, 5.74) is -0.904. The highest BCUT2D eigenvalue weighted by molar-refractivity contribution is 5.68. The first-order valence-corrected chi connectivity index (χ1v) is 5.81. The Morgan fingerprint density at radius 2 is 1.76 bits per heavy atom. The van der Waals surface area contributed by atoms with Crippen LogP contribution in [0.15, 0.2) is 0 Å². The first kappa shape index (κ1) is 16.2. The minimum atomic E-state index is -0.559. The van der Waals surface area contributed by atoms with Crippen molar-refractivity contribution in [1.82, 2.24) is 5.32 Å². The van der Waals surface area contributed by atoms with E-state index in [2.05, 4.69) is 5.32 Å². The maximum atomic E-state index is 11.5. The van der Waals surface area contributed by atoms with Crippen LogP contribution in [0, 0.1) is 5.41 Å². The molecule has 0 aromatic heterocycles. The third kappa shape index (κ3) is 7.99. The van der Waals surface area contributed by atoms with Crippen molar-refractivity contribution in [2.24, 2.45) is 5.41 Å². The van der Waals surface area contributed by atoms with Crippen LogP contribution in [0.25, 0.3) is 0 Å². The van der Waals surface area contributed by atoms with Crippen molar-refractivity contribution in [2.75, 3.05) is 13.2 Å². The molecule has 0 rings (SSSR count). The van der Waals surface area contributed by atoms with Crippen molar-refractivity contribution in [3.8, 4) is 0 Å². The lowest BCUT2D eigenvalue weighted by molar-refractivity contribution is 0.0442. The summed E-state index contributed by atoms with van der Waals surface area (Å²) in [6, 6.07) is -0.410. The normalized spacial score (nSPS) is 14.3. The van der Waals surface area contributed by atoms with Gasteiger partial charge in [-0.05, 0) is 32.6 Å². The number of aliphatic hydroxyl groups excluding tert-OH is 2. The van der Waals surface area contributed by atoms with Gasteiger partial charge in [0, 0.05) is 6.61 Å². The van der Waals surface area contributed by atoms with Crippen LogP contribution in [-0.4, -0.2) is 41.2 Å². The summed E-state index contributed by atoms with van der Waals surface area (Å²) in [5.74, 6) is 0. The van der Waals surface area contributed by atoms with Gasteiger partial charge in [0.1, 0.15) is 5.60 Å². The molecular formula is C12H25NO4. The maximum absolute atomic E-state index is 11.5. The molecule has 0 aliphatic heterocycles. The third-order valence-corrected chi connectivity index (χ3v) is 2.17. The SMILES string of the molecule is CC(C)(CO)C[C@H](CO)NC(=O)OC(C)(C)C. The van der Waals surface area contributed by atoms with Gasteiger partial charge in [-0.15, -0.1) is 0 Å². The Morgan fingerprint density at radius 3 is 2.12 bits per heavy atom. The second-order valence-electron chi connectivity index (χ2n) is 6.05. The van der Waals surface area contributed by atoms with E-state index in [0.717, 1.165) is 0 Å². The van der Waals surface area contributed by atoms with Gasteiger partial charge in [0.05, 0.1) is 12.6 Å². The van der Waals surface area contributed by atoms with E-state index in [1.165, 1.54) is 0 Å². The predicted molar refractivity (Wildman–Crippen MR) is 65.7 cm³/mol. The van der Waals surface area contributed by atoms with E-state index >= 15 is 0 Å². The fourth-order valence-corrected chi connectivity index (χ4v) is 1.37. The molecule has 0 radical (unpaired) electrons. The molecule has 0 saturated carbocycles. The van der Waals surface area contributed by atoms with Crippen molar-refractivity contribution in [3.63, 3.8) is 0 Å². The van der Waals surface area contributed by atoms with Crippen molar-refractivity contribution in [1.29, 1.82) is 0 Å². The molecule has 0 aliphatic carbocycles. The molecule has 0 unspecified atom stereocenters. The fourth-order valence-electron chi connectivity index (χ4n) is 1.37. The first-order chi connectivity index (χ1) is 7.59. The number of rotatable bonds is 5. The lowest BCUT2D eigenvalue weighted by atomic mass is 9.87. The fraction of sp³-hybridized carbons (Fsp3) is 0.917. The van der Waals surface area contributed by atoms with Gasteiger partial charge in [-0.2, -0.15) is 0 Å². The van der Waals surface area contributed by atoms with Crippen LogP contribution < -0.4 is 5.32 Å². The molecule has 0 heterocycles. The number of aliphatic hydroxyl groups is 2. The summed E-state index contributed by atoms with van der Waals surface area (Å²) in [4.78, 5) is 11.5. The molecular weight excluding hydrogens is 222 g/mol. The van der Waals surface area contributed by atoms with Crippen LogP contribution in [0.4, 0.5) is 4.79 Å². The zero-order chi connectivity index (χ0) is 13.7. The van der Waals surface area contributed by atoms with E-state index in [-0.39, 0.29) is 18.6 Å². The molecule has 1 atom stereocenters. The van der Waals surface area contributed by atoms with Gasteiger partial charge in [-0.3, -0.25) is 0 Å². The largest absolute Gasteiger partial charge is 0.444 e. The van der Waals surface area contributed by atoms with Gasteiger partial charge in [0.15, 0.2) is 0 Å². The topological polar surface area (TPSA) is 78.8 Å². The van der Waals surface area contributed by atoms with Crippen molar-refractivity contribution in [2.45, 2.75) is 52.7 Å². The lowest BCUT2D eigenvalue weighted by Gasteiger charge is -2.28. The van der Waals surface area contributed by atoms with Crippen LogP contribution >= 0.6 is 0 Å². The van der Waals surface area contributed by atoms with Crippen molar-refractivity contribution >= 4 is 6.09 Å². The summed E-state index contributed by atoms with van der Waals surface area (Å²) in [6.07, 6.45) is -0.0653. The summed E-state index contributed by atoms with van der Waals surface area (Å²) >= 11 is 0. The van der Waals surface area contributed by atoms with Gasteiger partial charge >= 0.3 is 6.09 Å². The first-order valence-electron chi connectivity index (χ1n) is 5.81. The molecule has 0 spiro atoms. The number of ether oxygens (including phenoxy) is 1. The summed E-state index contributed by atoms with van der Waals surface area (Å²) < 4.78 is 5.09. The molecule has 0 fully saturated rings. The van der Waals surface area contributed by atoms with E-state index in [1.807, 2.05) is 13.8 Å². The van der Waals surface area contributed by atoms with Crippen molar-refractivity contribution < 1.29 is 19.7 Å². The average Bonchev–Trinajstić information content (AvgIpc) is 2.13. The molecule has 102 valence electrons. The van der Waals surface area contributed by atoms with E-state index in [9.17, 15) is 9.90 Å². The number of carbonyl (C=O) groups excluding carboxylic acids is 1. The Labute approximate surface area is 103 Å². The number of hydrogen-bond acceptors (Lipinski definition) is 4. The van der Waals surface area contributed by atoms with Gasteiger partial charge in [0.2, 0.25) is 0 Å². The molecule has 0 bridgehead atoms. The molecule has 0 aliphatic rings. The van der Waals surface area contributed by atoms with Gasteiger partial charge in [0.25, 0.3) is 0 Å². The Morgan fingerprint density at radius 1 is 1.24 bits per heavy atom. The summed E-state index contributed by atoms with van der Waals surface area (Å²) in [5, 5.41) is 20.9. The highest BCUT2D eigenvalue weighted by Gasteiger charge is 2.25. The number of amides is 1. The second-order valence-corrected chi connectivity index (χ2v) is 6.05. The molecule has 5 heteroatoms. The average molecular weight is 247 g/mol. The monoisotopic (exact) mass is 247 g/mol. The van der Waals surface area contributed by atoms with E-state index in [1.54, 1.807) is 20.8 Å². The second kappa shape index (κ2) is 6.21. The van der Waals surface area contributed by atoms with Crippen molar-refractivity contribution in [3.05, 3.63) is 0 Å². The molecule has 0 aromatic rings. The number of hydrogen-bond donors (Lipinski definition) is 3. The maximum Gasteiger partial charge on any atom is 0.407 e. The lowest BCUT2D eigenvalue weighted by Crippen LogP contribution is -2.43. The van der Waals surface area contributed by atoms with Crippen LogP contribution in [0.2, 0.25) is 0 Å². The zero-order valence-corrected chi connectivity index (χ0v) is 11.4. The highest BCUT2D eigenvalue weighted by atomic mass is 16.6. The number of carbonyl (C=O) groups is 1. The van der Waals surface area contributed by atoms with Crippen LogP contribution in [0.3, 0.4) is 0 Å². The predicted octanol–water partition coefficient (Wildman–Crippen LogP) is 1.28. The Bertz CT molecular complexity index is 245. The molecule has 0 saturated heterocycles. The molecule has 3 N–H and O–H groups in total. The number of alkyl carbamates (subject to hydrolysis) is 1. The zero-order valence-electron chi connectivity index (χ0n) is 11.4. The Kier molecular flexibility index (Phi) is 5.92. The van der Waals surface area contributed by atoms with Crippen LogP contribution in [0.5, 0.6) is 0 Å². The Hall–Kier alpha value is -0.810. The van der Waals surface area contributed by atoms with E-state index in [4.69, 9.17) is 9.84 Å². The molecule has 17 heavy (non-hydrogen) atoms. The Balaban J connectivity index is 4.27.